The summed E-state index contributed by atoms with van der Waals surface area (Å²) in [6, 6.07) is 0. The smallest absolute Gasteiger partial charge is 0.341 e. The zero-order chi connectivity index (χ0) is 8.91. The molecule has 0 rings (SSSR count). The Labute approximate surface area is 66.4 Å². The third kappa shape index (κ3) is 2.87. The minimum atomic E-state index is -1.99. The van der Waals surface area contributed by atoms with Gasteiger partial charge in [0.2, 0.25) is 5.67 Å². The van der Waals surface area contributed by atoms with E-state index in [2.05, 4.69) is 0 Å². The summed E-state index contributed by atoms with van der Waals surface area (Å²) in [6.45, 7) is 3.47. The first-order chi connectivity index (χ1) is 5.06. The fourth-order valence-electron chi connectivity index (χ4n) is 0.892. The van der Waals surface area contributed by atoms with Gasteiger partial charge in [0.25, 0.3) is 0 Å². The lowest BCUT2D eigenvalue weighted by atomic mass is 9.96. The van der Waals surface area contributed by atoms with Gasteiger partial charge in [-0.25, -0.2) is 9.18 Å². The van der Waals surface area contributed by atoms with Crippen LogP contribution in [0.2, 0.25) is 0 Å². The molecule has 0 aliphatic heterocycles. The summed E-state index contributed by atoms with van der Waals surface area (Å²) in [5.41, 5.74) is -1.99. The van der Waals surface area contributed by atoms with Gasteiger partial charge in [-0.05, 0) is 19.3 Å². The number of carboxylic acids is 1. The van der Waals surface area contributed by atoms with Gasteiger partial charge < -0.3 is 5.11 Å². The van der Waals surface area contributed by atoms with Gasteiger partial charge in [0.1, 0.15) is 0 Å². The second-order valence-electron chi connectivity index (χ2n) is 2.73. The van der Waals surface area contributed by atoms with Gasteiger partial charge in [0, 0.05) is 0 Å². The number of hydrogen-bond acceptors (Lipinski definition) is 1. The molecule has 0 spiro atoms. The van der Waals surface area contributed by atoms with Gasteiger partial charge in [-0.3, -0.25) is 0 Å². The summed E-state index contributed by atoms with van der Waals surface area (Å²) in [6.07, 6.45) is 1.66. The first-order valence-corrected chi connectivity index (χ1v) is 3.99. The average Bonchev–Trinajstić information content (AvgIpc) is 2.00. The van der Waals surface area contributed by atoms with Crippen LogP contribution in [0.3, 0.4) is 0 Å². The highest BCUT2D eigenvalue weighted by Crippen LogP contribution is 2.23. The molecule has 2 nitrogen and oxygen atoms in total. The van der Waals surface area contributed by atoms with Crippen molar-refractivity contribution in [2.45, 2.75) is 45.2 Å². The lowest BCUT2D eigenvalue weighted by Crippen LogP contribution is -2.32. The summed E-state index contributed by atoms with van der Waals surface area (Å²) < 4.78 is 13.2. The molecule has 1 N–H and O–H groups in total. The molecule has 1 unspecified atom stereocenters. The van der Waals surface area contributed by atoms with E-state index in [1.165, 1.54) is 0 Å². The van der Waals surface area contributed by atoms with Crippen molar-refractivity contribution in [3.63, 3.8) is 0 Å². The van der Waals surface area contributed by atoms with Crippen LogP contribution in [0.25, 0.3) is 0 Å². The molecule has 3 heteroatoms. The Bertz CT molecular complexity index is 136. The number of halogens is 1. The number of hydrogen-bond donors (Lipinski definition) is 1. The number of carbonyl (C=O) groups is 1. The van der Waals surface area contributed by atoms with Crippen molar-refractivity contribution in [3.8, 4) is 0 Å². The molecule has 0 aliphatic carbocycles. The van der Waals surface area contributed by atoms with E-state index < -0.39 is 11.6 Å². The van der Waals surface area contributed by atoms with E-state index in [1.54, 1.807) is 6.92 Å². The maximum Gasteiger partial charge on any atom is 0.341 e. The highest BCUT2D eigenvalue weighted by Gasteiger charge is 2.35. The molecule has 0 fully saturated rings. The van der Waals surface area contributed by atoms with Gasteiger partial charge in [0.05, 0.1) is 0 Å². The summed E-state index contributed by atoms with van der Waals surface area (Å²) >= 11 is 0. The Kier molecular flexibility index (Phi) is 4.08. The summed E-state index contributed by atoms with van der Waals surface area (Å²) in [4.78, 5) is 10.4. The summed E-state index contributed by atoms with van der Waals surface area (Å²) in [5.74, 6) is -1.33. The molecular formula is C8H15FO2. The van der Waals surface area contributed by atoms with Gasteiger partial charge in [-0.2, -0.15) is 0 Å². The highest BCUT2D eigenvalue weighted by atomic mass is 19.1. The van der Waals surface area contributed by atoms with Gasteiger partial charge >= 0.3 is 5.97 Å². The zero-order valence-electron chi connectivity index (χ0n) is 7.06. The Morgan fingerprint density at radius 3 is 2.36 bits per heavy atom. The quantitative estimate of drug-likeness (QED) is 0.673. The third-order valence-corrected chi connectivity index (χ3v) is 1.87. The second-order valence-corrected chi connectivity index (χ2v) is 2.73. The van der Waals surface area contributed by atoms with Crippen LogP contribution in [0.15, 0.2) is 0 Å². The predicted molar refractivity (Wildman–Crippen MR) is 41.3 cm³/mol. The molecular weight excluding hydrogens is 147 g/mol. The fraction of sp³-hybridized carbons (Fsp3) is 0.875. The molecule has 0 heterocycles. The van der Waals surface area contributed by atoms with Crippen molar-refractivity contribution in [1.29, 1.82) is 0 Å². The van der Waals surface area contributed by atoms with Crippen LogP contribution in [0, 0.1) is 0 Å². The molecule has 11 heavy (non-hydrogen) atoms. The Morgan fingerprint density at radius 2 is 2.09 bits per heavy atom. The summed E-state index contributed by atoms with van der Waals surface area (Å²) in [5, 5.41) is 8.48. The van der Waals surface area contributed by atoms with Crippen LogP contribution >= 0.6 is 0 Å². The zero-order valence-corrected chi connectivity index (χ0v) is 7.06. The van der Waals surface area contributed by atoms with Crippen LogP contribution in [0.1, 0.15) is 39.5 Å². The Balaban J connectivity index is 3.99. The van der Waals surface area contributed by atoms with Gasteiger partial charge in [-0.1, -0.05) is 20.3 Å². The van der Waals surface area contributed by atoms with E-state index in [-0.39, 0.29) is 12.8 Å². The Hall–Kier alpha value is -0.600. The molecule has 0 aromatic heterocycles. The number of alkyl halides is 1. The maximum absolute atomic E-state index is 13.2. The van der Waals surface area contributed by atoms with E-state index >= 15 is 0 Å². The van der Waals surface area contributed by atoms with Gasteiger partial charge in [0.15, 0.2) is 0 Å². The van der Waals surface area contributed by atoms with Crippen molar-refractivity contribution >= 4 is 5.97 Å². The van der Waals surface area contributed by atoms with E-state index in [0.29, 0.717) is 6.42 Å². The monoisotopic (exact) mass is 162 g/mol. The van der Waals surface area contributed by atoms with Crippen molar-refractivity contribution in [2.75, 3.05) is 0 Å². The lowest BCUT2D eigenvalue weighted by molar-refractivity contribution is -0.151. The normalized spacial score (nSPS) is 15.9. The van der Waals surface area contributed by atoms with Crippen molar-refractivity contribution in [2.24, 2.45) is 0 Å². The Morgan fingerprint density at radius 1 is 1.55 bits per heavy atom. The minimum absolute atomic E-state index is 0.0579. The molecule has 0 aromatic carbocycles. The van der Waals surface area contributed by atoms with E-state index in [0.717, 1.165) is 6.42 Å². The number of carboxylic acid groups (broad SMARTS) is 1. The first-order valence-electron chi connectivity index (χ1n) is 3.99. The number of aliphatic carboxylic acids is 1. The number of unbranched alkanes of at least 4 members (excludes halogenated alkanes) is 1. The second kappa shape index (κ2) is 4.31. The molecule has 0 amide bonds. The van der Waals surface area contributed by atoms with Crippen LogP contribution < -0.4 is 0 Å². The fourth-order valence-corrected chi connectivity index (χ4v) is 0.892. The molecule has 0 aliphatic rings. The number of rotatable bonds is 5. The first kappa shape index (κ1) is 10.4. The summed E-state index contributed by atoms with van der Waals surface area (Å²) in [7, 11) is 0. The highest BCUT2D eigenvalue weighted by molar-refractivity contribution is 5.77. The van der Waals surface area contributed by atoms with Crippen molar-refractivity contribution in [3.05, 3.63) is 0 Å². The van der Waals surface area contributed by atoms with Gasteiger partial charge in [-0.15, -0.1) is 0 Å². The van der Waals surface area contributed by atoms with E-state index in [9.17, 15) is 9.18 Å². The lowest BCUT2D eigenvalue weighted by Gasteiger charge is -2.17. The maximum atomic E-state index is 13.2. The molecule has 0 radical (unpaired) electrons. The predicted octanol–water partition coefficient (Wildman–Crippen LogP) is 2.38. The molecule has 0 aromatic rings. The molecule has 0 bridgehead atoms. The molecule has 1 atom stereocenters. The van der Waals surface area contributed by atoms with Crippen LogP contribution in [0.4, 0.5) is 4.39 Å². The largest absolute Gasteiger partial charge is 0.479 e. The molecule has 66 valence electrons. The van der Waals surface area contributed by atoms with Crippen molar-refractivity contribution < 1.29 is 14.3 Å². The van der Waals surface area contributed by atoms with Crippen LogP contribution in [-0.2, 0) is 4.79 Å². The topological polar surface area (TPSA) is 37.3 Å². The minimum Gasteiger partial charge on any atom is -0.479 e. The standard InChI is InChI=1S/C8H15FO2/c1-3-5-6-8(9,4-2)7(10)11/h3-6H2,1-2H3,(H,10,11). The average molecular weight is 162 g/mol. The third-order valence-electron chi connectivity index (χ3n) is 1.87. The van der Waals surface area contributed by atoms with Crippen molar-refractivity contribution in [1.82, 2.24) is 0 Å². The van der Waals surface area contributed by atoms with Crippen LogP contribution in [-0.4, -0.2) is 16.7 Å². The van der Waals surface area contributed by atoms with E-state index in [4.69, 9.17) is 5.11 Å². The van der Waals surface area contributed by atoms with Crippen LogP contribution in [0.5, 0.6) is 0 Å². The SMILES string of the molecule is CCCCC(F)(CC)C(=O)O. The molecule has 0 saturated heterocycles. The van der Waals surface area contributed by atoms with E-state index in [1.807, 2.05) is 6.92 Å². The molecule has 0 saturated carbocycles.